The van der Waals surface area contributed by atoms with Gasteiger partial charge in [0.15, 0.2) is 11.5 Å². The van der Waals surface area contributed by atoms with Gasteiger partial charge in [0.05, 0.1) is 6.20 Å². The summed E-state index contributed by atoms with van der Waals surface area (Å²) < 4.78 is 1.95. The van der Waals surface area contributed by atoms with Crippen molar-refractivity contribution < 1.29 is 0 Å². The lowest BCUT2D eigenvalue weighted by Gasteiger charge is -2.32. The first-order valence-electron chi connectivity index (χ1n) is 7.12. The first-order valence-corrected chi connectivity index (χ1v) is 7.12. The third-order valence-electron chi connectivity index (χ3n) is 3.99. The van der Waals surface area contributed by atoms with E-state index in [1.165, 1.54) is 25.7 Å². The summed E-state index contributed by atoms with van der Waals surface area (Å²) in [5.41, 5.74) is 6.78. The molecule has 0 amide bonds. The topological polar surface area (TPSA) is 59.5 Å². The molecular formula is C14H21N5. The fourth-order valence-corrected chi connectivity index (χ4v) is 2.99. The van der Waals surface area contributed by atoms with Crippen LogP contribution in [-0.4, -0.2) is 27.5 Å². The van der Waals surface area contributed by atoms with Crippen LogP contribution in [-0.2, 0) is 0 Å². The molecule has 2 N–H and O–H groups in total. The molecule has 0 aliphatic carbocycles. The molecule has 2 aromatic heterocycles. The summed E-state index contributed by atoms with van der Waals surface area (Å²) in [6, 6.07) is 0. The quantitative estimate of drug-likeness (QED) is 0.919. The molecule has 1 aliphatic rings. The number of nitrogens with two attached hydrogens (primary N) is 1. The highest BCUT2D eigenvalue weighted by Crippen LogP contribution is 2.27. The molecule has 3 heterocycles. The number of anilines is 2. The molecule has 19 heavy (non-hydrogen) atoms. The molecule has 1 fully saturated rings. The average molecular weight is 259 g/mol. The van der Waals surface area contributed by atoms with Gasteiger partial charge in [0.1, 0.15) is 5.82 Å². The molecule has 1 aliphatic heterocycles. The summed E-state index contributed by atoms with van der Waals surface area (Å²) in [6.07, 6.45) is 10.7. The van der Waals surface area contributed by atoms with Crippen LogP contribution in [0.5, 0.6) is 0 Å². The van der Waals surface area contributed by atoms with E-state index < -0.39 is 0 Å². The van der Waals surface area contributed by atoms with Gasteiger partial charge in [0.25, 0.3) is 0 Å². The van der Waals surface area contributed by atoms with E-state index in [1.807, 2.05) is 16.8 Å². The van der Waals surface area contributed by atoms with Crippen LogP contribution in [0.4, 0.5) is 11.6 Å². The van der Waals surface area contributed by atoms with Crippen molar-refractivity contribution in [1.29, 1.82) is 0 Å². The Morgan fingerprint density at radius 2 is 2.16 bits per heavy atom. The summed E-state index contributed by atoms with van der Waals surface area (Å²) in [4.78, 5) is 11.2. The highest BCUT2D eigenvalue weighted by molar-refractivity contribution is 5.66. The smallest absolute Gasteiger partial charge is 0.180 e. The summed E-state index contributed by atoms with van der Waals surface area (Å²) >= 11 is 0. The lowest BCUT2D eigenvalue weighted by atomic mass is 9.92. The SMILES string of the molecule is CCCC1CCN(c2nc(N)cn3ccnc23)CC1. The molecule has 102 valence electrons. The van der Waals surface area contributed by atoms with Crippen LogP contribution in [0.25, 0.3) is 5.65 Å². The highest BCUT2D eigenvalue weighted by atomic mass is 15.2. The molecule has 2 aromatic rings. The normalized spacial score (nSPS) is 17.2. The Morgan fingerprint density at radius 1 is 1.37 bits per heavy atom. The molecule has 0 atom stereocenters. The monoisotopic (exact) mass is 259 g/mol. The van der Waals surface area contributed by atoms with Gasteiger partial charge in [0, 0.05) is 25.5 Å². The fourth-order valence-electron chi connectivity index (χ4n) is 2.99. The summed E-state index contributed by atoms with van der Waals surface area (Å²) in [5.74, 6) is 2.36. The Balaban J connectivity index is 1.83. The van der Waals surface area contributed by atoms with Gasteiger partial charge in [0.2, 0.25) is 0 Å². The van der Waals surface area contributed by atoms with Gasteiger partial charge in [-0.1, -0.05) is 19.8 Å². The van der Waals surface area contributed by atoms with Gasteiger partial charge < -0.3 is 15.0 Å². The predicted octanol–water partition coefficient (Wildman–Crippen LogP) is 2.33. The minimum Gasteiger partial charge on any atom is -0.382 e. The molecule has 5 heteroatoms. The van der Waals surface area contributed by atoms with Crippen molar-refractivity contribution in [2.24, 2.45) is 5.92 Å². The molecule has 0 radical (unpaired) electrons. The van der Waals surface area contributed by atoms with Crippen LogP contribution in [0.1, 0.15) is 32.6 Å². The molecule has 0 spiro atoms. The fraction of sp³-hybridized carbons (Fsp3) is 0.571. The van der Waals surface area contributed by atoms with E-state index in [0.717, 1.165) is 30.5 Å². The molecule has 5 nitrogen and oxygen atoms in total. The average Bonchev–Trinajstić information content (AvgIpc) is 2.87. The van der Waals surface area contributed by atoms with Crippen LogP contribution in [0, 0.1) is 5.92 Å². The van der Waals surface area contributed by atoms with E-state index >= 15 is 0 Å². The Bertz CT molecular complexity index is 554. The Labute approximate surface area is 113 Å². The molecule has 0 bridgehead atoms. The highest BCUT2D eigenvalue weighted by Gasteiger charge is 2.21. The minimum absolute atomic E-state index is 0.552. The molecular weight excluding hydrogens is 238 g/mol. The number of imidazole rings is 1. The lowest BCUT2D eigenvalue weighted by Crippen LogP contribution is -2.34. The van der Waals surface area contributed by atoms with Crippen LogP contribution < -0.4 is 10.6 Å². The number of hydrogen-bond acceptors (Lipinski definition) is 4. The molecule has 0 saturated carbocycles. The van der Waals surface area contributed by atoms with E-state index in [2.05, 4.69) is 21.8 Å². The van der Waals surface area contributed by atoms with Crippen LogP contribution >= 0.6 is 0 Å². The Hall–Kier alpha value is -1.78. The van der Waals surface area contributed by atoms with Crippen molar-refractivity contribution in [3.8, 4) is 0 Å². The number of rotatable bonds is 3. The second-order valence-corrected chi connectivity index (χ2v) is 5.37. The number of nitrogen functional groups attached to an aromatic ring is 1. The van der Waals surface area contributed by atoms with Crippen LogP contribution in [0.3, 0.4) is 0 Å². The zero-order valence-electron chi connectivity index (χ0n) is 11.4. The number of nitrogens with zero attached hydrogens (tertiary/aromatic N) is 4. The third kappa shape index (κ3) is 2.37. The Morgan fingerprint density at radius 3 is 2.89 bits per heavy atom. The van der Waals surface area contributed by atoms with Gasteiger partial charge in [-0.05, 0) is 18.8 Å². The van der Waals surface area contributed by atoms with Crippen LogP contribution in [0.15, 0.2) is 18.6 Å². The molecule has 0 unspecified atom stereocenters. The van der Waals surface area contributed by atoms with Gasteiger partial charge in [-0.2, -0.15) is 0 Å². The summed E-state index contributed by atoms with van der Waals surface area (Å²) in [6.45, 7) is 4.38. The second kappa shape index (κ2) is 5.07. The lowest BCUT2D eigenvalue weighted by molar-refractivity contribution is 0.377. The first kappa shape index (κ1) is 12.3. The predicted molar refractivity (Wildman–Crippen MR) is 77.2 cm³/mol. The number of piperidine rings is 1. The maximum absolute atomic E-state index is 5.88. The minimum atomic E-state index is 0.552. The number of hydrogen-bond donors (Lipinski definition) is 1. The van der Waals surface area contributed by atoms with Crippen molar-refractivity contribution in [3.63, 3.8) is 0 Å². The van der Waals surface area contributed by atoms with Crippen molar-refractivity contribution in [1.82, 2.24) is 14.4 Å². The summed E-state index contributed by atoms with van der Waals surface area (Å²) in [5, 5.41) is 0. The standard InChI is InChI=1S/C14H21N5/c1-2-3-11-4-7-18(8-5-11)14-13-16-6-9-19(13)10-12(15)17-14/h6,9-11H,2-5,7-8,15H2,1H3. The largest absolute Gasteiger partial charge is 0.382 e. The van der Waals surface area contributed by atoms with Gasteiger partial charge in [-0.25, -0.2) is 9.97 Å². The third-order valence-corrected chi connectivity index (χ3v) is 3.99. The second-order valence-electron chi connectivity index (χ2n) is 5.37. The zero-order chi connectivity index (χ0) is 13.2. The van der Waals surface area contributed by atoms with Gasteiger partial charge >= 0.3 is 0 Å². The first-order chi connectivity index (χ1) is 9.28. The molecule has 1 saturated heterocycles. The van der Waals surface area contributed by atoms with Crippen molar-refractivity contribution in [2.45, 2.75) is 32.6 Å². The van der Waals surface area contributed by atoms with E-state index in [1.54, 1.807) is 6.20 Å². The van der Waals surface area contributed by atoms with Gasteiger partial charge in [-0.15, -0.1) is 0 Å². The molecule has 0 aromatic carbocycles. The molecule has 3 rings (SSSR count). The van der Waals surface area contributed by atoms with Crippen molar-refractivity contribution in [2.75, 3.05) is 23.7 Å². The number of fused-ring (bicyclic) bond motifs is 1. The van der Waals surface area contributed by atoms with Crippen LogP contribution in [0.2, 0.25) is 0 Å². The maximum atomic E-state index is 5.88. The van der Waals surface area contributed by atoms with E-state index in [-0.39, 0.29) is 0 Å². The van der Waals surface area contributed by atoms with E-state index in [4.69, 9.17) is 5.73 Å². The zero-order valence-corrected chi connectivity index (χ0v) is 11.4. The van der Waals surface area contributed by atoms with Crippen molar-refractivity contribution >= 4 is 17.3 Å². The van der Waals surface area contributed by atoms with E-state index in [9.17, 15) is 0 Å². The number of aromatic nitrogens is 3. The van der Waals surface area contributed by atoms with Gasteiger partial charge in [-0.3, -0.25) is 0 Å². The summed E-state index contributed by atoms with van der Waals surface area (Å²) in [7, 11) is 0. The van der Waals surface area contributed by atoms with E-state index in [0.29, 0.717) is 5.82 Å². The van der Waals surface area contributed by atoms with Crippen molar-refractivity contribution in [3.05, 3.63) is 18.6 Å². The maximum Gasteiger partial charge on any atom is 0.180 e. The Kier molecular flexibility index (Phi) is 3.27.